The smallest absolute Gasteiger partial charge is 0.277 e. The predicted molar refractivity (Wildman–Crippen MR) is 97.3 cm³/mol. The summed E-state index contributed by atoms with van der Waals surface area (Å²) in [5.41, 5.74) is 2.08. The number of phenols is 1. The van der Waals surface area contributed by atoms with E-state index in [0.29, 0.717) is 29.1 Å². The molecule has 0 atom stereocenters. The zero-order valence-corrected chi connectivity index (χ0v) is 14.0. The summed E-state index contributed by atoms with van der Waals surface area (Å²) in [4.78, 5) is 24.1. The molecule has 2 aromatic heterocycles. The van der Waals surface area contributed by atoms with Crippen LogP contribution in [0.5, 0.6) is 11.5 Å². The van der Waals surface area contributed by atoms with Gasteiger partial charge in [-0.25, -0.2) is 9.97 Å². The van der Waals surface area contributed by atoms with Crippen LogP contribution in [0.15, 0.2) is 59.7 Å². The van der Waals surface area contributed by atoms with Gasteiger partial charge >= 0.3 is 0 Å². The van der Waals surface area contributed by atoms with Gasteiger partial charge in [0.05, 0.1) is 13.4 Å². The summed E-state index contributed by atoms with van der Waals surface area (Å²) >= 11 is 0. The molecule has 0 radical (unpaired) electrons. The second-order valence-electron chi connectivity index (χ2n) is 5.86. The largest absolute Gasteiger partial charge is 0.508 e. The van der Waals surface area contributed by atoms with Gasteiger partial charge in [0.2, 0.25) is 0 Å². The summed E-state index contributed by atoms with van der Waals surface area (Å²) in [6.07, 6.45) is 1.60. The monoisotopic (exact) mass is 348 g/mol. The standard InChI is InChI=1S/C19H16N4O3/c1-26-15-7-2-4-12(8-15)10-23-11-20-18-16(23)19(25)22-17(21-18)13-5-3-6-14(24)9-13/h2-9,11,24H,10H2,1H3,(H,21,22,25). The van der Waals surface area contributed by atoms with Crippen molar-refractivity contribution in [2.45, 2.75) is 6.54 Å². The number of nitrogens with zero attached hydrogens (tertiary/aromatic N) is 3. The third-order valence-corrected chi connectivity index (χ3v) is 4.09. The Kier molecular flexibility index (Phi) is 3.89. The quantitative estimate of drug-likeness (QED) is 0.591. The van der Waals surface area contributed by atoms with Crippen LogP contribution in [0.1, 0.15) is 5.56 Å². The van der Waals surface area contributed by atoms with E-state index in [9.17, 15) is 9.90 Å². The van der Waals surface area contributed by atoms with Crippen molar-refractivity contribution in [3.05, 3.63) is 70.8 Å². The summed E-state index contributed by atoms with van der Waals surface area (Å²) in [6.45, 7) is 0.476. The number of benzene rings is 2. The normalized spacial score (nSPS) is 11.0. The molecule has 0 spiro atoms. The number of aromatic nitrogens is 4. The highest BCUT2D eigenvalue weighted by molar-refractivity contribution is 5.73. The van der Waals surface area contributed by atoms with Crippen molar-refractivity contribution in [3.63, 3.8) is 0 Å². The highest BCUT2D eigenvalue weighted by atomic mass is 16.5. The summed E-state index contributed by atoms with van der Waals surface area (Å²) < 4.78 is 6.99. The average molecular weight is 348 g/mol. The van der Waals surface area contributed by atoms with Gasteiger partial charge in [-0.1, -0.05) is 24.3 Å². The van der Waals surface area contributed by atoms with Crippen LogP contribution in [0.25, 0.3) is 22.6 Å². The molecule has 7 nitrogen and oxygen atoms in total. The van der Waals surface area contributed by atoms with E-state index in [1.807, 2.05) is 24.3 Å². The lowest BCUT2D eigenvalue weighted by atomic mass is 10.2. The minimum atomic E-state index is -0.284. The molecular weight excluding hydrogens is 332 g/mol. The number of hydrogen-bond donors (Lipinski definition) is 2. The lowest BCUT2D eigenvalue weighted by molar-refractivity contribution is 0.414. The number of aromatic hydroxyl groups is 1. The minimum absolute atomic E-state index is 0.105. The van der Waals surface area contributed by atoms with Crippen molar-refractivity contribution in [2.75, 3.05) is 7.11 Å². The average Bonchev–Trinajstić information content (AvgIpc) is 3.05. The fourth-order valence-corrected chi connectivity index (χ4v) is 2.86. The first-order valence-corrected chi connectivity index (χ1v) is 8.01. The maximum absolute atomic E-state index is 12.6. The van der Waals surface area contributed by atoms with E-state index in [1.54, 1.807) is 36.2 Å². The molecule has 0 unspecified atom stereocenters. The summed E-state index contributed by atoms with van der Waals surface area (Å²) in [7, 11) is 1.61. The molecular formula is C19H16N4O3. The fraction of sp³-hybridized carbons (Fsp3) is 0.105. The van der Waals surface area contributed by atoms with Crippen LogP contribution in [0, 0.1) is 0 Å². The molecule has 26 heavy (non-hydrogen) atoms. The molecule has 0 fully saturated rings. The number of aromatic amines is 1. The number of imidazole rings is 1. The van der Waals surface area contributed by atoms with Gasteiger partial charge in [-0.15, -0.1) is 0 Å². The molecule has 0 aliphatic heterocycles. The van der Waals surface area contributed by atoms with Crippen molar-refractivity contribution >= 4 is 11.2 Å². The van der Waals surface area contributed by atoms with Gasteiger partial charge in [0.1, 0.15) is 17.3 Å². The summed E-state index contributed by atoms with van der Waals surface area (Å²) in [5, 5.41) is 9.62. The Labute approximate surface area is 148 Å². The van der Waals surface area contributed by atoms with Crippen LogP contribution in [-0.2, 0) is 6.54 Å². The Morgan fingerprint density at radius 1 is 1.19 bits per heavy atom. The second kappa shape index (κ2) is 6.36. The number of rotatable bonds is 4. The first-order valence-electron chi connectivity index (χ1n) is 8.01. The van der Waals surface area contributed by atoms with E-state index in [-0.39, 0.29) is 11.3 Å². The van der Waals surface area contributed by atoms with E-state index >= 15 is 0 Å². The van der Waals surface area contributed by atoms with E-state index in [1.165, 1.54) is 6.07 Å². The molecule has 0 amide bonds. The summed E-state index contributed by atoms with van der Waals surface area (Å²) in [5.74, 6) is 1.23. The lowest BCUT2D eigenvalue weighted by Gasteiger charge is -2.07. The van der Waals surface area contributed by atoms with Crippen molar-refractivity contribution in [3.8, 4) is 22.9 Å². The third kappa shape index (κ3) is 2.90. The van der Waals surface area contributed by atoms with Gasteiger partial charge in [0.15, 0.2) is 11.2 Å². The number of H-pyrrole nitrogens is 1. The van der Waals surface area contributed by atoms with Crippen LogP contribution in [-0.4, -0.2) is 31.7 Å². The van der Waals surface area contributed by atoms with Gasteiger partial charge in [-0.05, 0) is 29.8 Å². The number of fused-ring (bicyclic) bond motifs is 1. The van der Waals surface area contributed by atoms with E-state index < -0.39 is 0 Å². The minimum Gasteiger partial charge on any atom is -0.508 e. The van der Waals surface area contributed by atoms with E-state index in [2.05, 4.69) is 15.0 Å². The van der Waals surface area contributed by atoms with E-state index in [0.717, 1.165) is 11.3 Å². The van der Waals surface area contributed by atoms with Crippen LogP contribution in [0.3, 0.4) is 0 Å². The summed E-state index contributed by atoms with van der Waals surface area (Å²) in [6, 6.07) is 14.2. The lowest BCUT2D eigenvalue weighted by Crippen LogP contribution is -2.13. The maximum Gasteiger partial charge on any atom is 0.277 e. The Balaban J connectivity index is 1.76. The number of hydrogen-bond acceptors (Lipinski definition) is 5. The van der Waals surface area contributed by atoms with Crippen LogP contribution in [0.4, 0.5) is 0 Å². The van der Waals surface area contributed by atoms with Crippen LogP contribution >= 0.6 is 0 Å². The SMILES string of the molecule is COc1cccc(Cn2cnc3nc(-c4cccc(O)c4)[nH]c(=O)c32)c1. The number of methoxy groups -OCH3 is 1. The first kappa shape index (κ1) is 15.9. The highest BCUT2D eigenvalue weighted by Gasteiger charge is 2.12. The van der Waals surface area contributed by atoms with Crippen LogP contribution in [0.2, 0.25) is 0 Å². The van der Waals surface area contributed by atoms with Gasteiger partial charge in [-0.3, -0.25) is 4.79 Å². The first-order chi connectivity index (χ1) is 12.6. The number of phenolic OH excluding ortho intramolecular Hbond substituents is 1. The molecule has 0 saturated heterocycles. The molecule has 0 aliphatic rings. The number of ether oxygens (including phenoxy) is 1. The Hall–Kier alpha value is -3.61. The molecule has 7 heteroatoms. The molecule has 2 heterocycles. The van der Waals surface area contributed by atoms with Crippen molar-refractivity contribution < 1.29 is 9.84 Å². The Morgan fingerprint density at radius 3 is 2.85 bits per heavy atom. The van der Waals surface area contributed by atoms with Crippen molar-refractivity contribution in [1.29, 1.82) is 0 Å². The number of nitrogens with one attached hydrogen (secondary N) is 1. The van der Waals surface area contributed by atoms with Crippen molar-refractivity contribution in [1.82, 2.24) is 19.5 Å². The van der Waals surface area contributed by atoms with Gasteiger partial charge in [-0.2, -0.15) is 0 Å². The highest BCUT2D eigenvalue weighted by Crippen LogP contribution is 2.21. The third-order valence-electron chi connectivity index (χ3n) is 4.09. The van der Waals surface area contributed by atoms with Gasteiger partial charge < -0.3 is 19.4 Å². The Morgan fingerprint density at radius 2 is 2.04 bits per heavy atom. The van der Waals surface area contributed by atoms with Gasteiger partial charge in [0, 0.05) is 12.1 Å². The second-order valence-corrected chi connectivity index (χ2v) is 5.86. The zero-order chi connectivity index (χ0) is 18.1. The maximum atomic E-state index is 12.6. The molecule has 4 rings (SSSR count). The molecule has 0 saturated carbocycles. The molecule has 130 valence electrons. The molecule has 2 N–H and O–H groups in total. The topological polar surface area (TPSA) is 93.0 Å². The van der Waals surface area contributed by atoms with Crippen molar-refractivity contribution in [2.24, 2.45) is 0 Å². The molecule has 4 aromatic rings. The molecule has 0 aliphatic carbocycles. The predicted octanol–water partition coefficient (Wildman–Crippen LogP) is 2.55. The van der Waals surface area contributed by atoms with E-state index in [4.69, 9.17) is 4.74 Å². The zero-order valence-electron chi connectivity index (χ0n) is 14.0. The molecule has 2 aromatic carbocycles. The fourth-order valence-electron chi connectivity index (χ4n) is 2.86. The van der Waals surface area contributed by atoms with Crippen LogP contribution < -0.4 is 10.3 Å². The Bertz CT molecular complexity index is 1150. The molecule has 0 bridgehead atoms. The van der Waals surface area contributed by atoms with Gasteiger partial charge in [0.25, 0.3) is 5.56 Å².